The largest absolute Gasteiger partial charge is 0.361 e. The first-order chi connectivity index (χ1) is 13.2. The molecule has 0 saturated carbocycles. The second-order valence-electron chi connectivity index (χ2n) is 7.75. The van der Waals surface area contributed by atoms with Crippen LogP contribution in [0.5, 0.6) is 0 Å². The maximum atomic E-state index is 12.7. The van der Waals surface area contributed by atoms with Crippen molar-refractivity contribution in [1.82, 2.24) is 9.71 Å². The molecule has 2 aromatic carbocycles. The van der Waals surface area contributed by atoms with Gasteiger partial charge in [0.2, 0.25) is 15.9 Å². The number of anilines is 1. The lowest BCUT2D eigenvalue weighted by Gasteiger charge is -2.16. The molecule has 6 nitrogen and oxygen atoms in total. The number of hydrogen-bond acceptors (Lipinski definition) is 3. The van der Waals surface area contributed by atoms with E-state index < -0.39 is 15.4 Å². The first kappa shape index (κ1) is 18.7. The molecule has 1 aliphatic heterocycles. The zero-order valence-corrected chi connectivity index (χ0v) is 16.9. The molecule has 0 bridgehead atoms. The van der Waals surface area contributed by atoms with Crippen molar-refractivity contribution >= 4 is 32.5 Å². The van der Waals surface area contributed by atoms with Gasteiger partial charge >= 0.3 is 0 Å². The van der Waals surface area contributed by atoms with Gasteiger partial charge in [-0.15, -0.1) is 0 Å². The molecule has 0 radical (unpaired) electrons. The molecule has 1 aromatic heterocycles. The zero-order valence-electron chi connectivity index (χ0n) is 16.1. The van der Waals surface area contributed by atoms with Crippen molar-refractivity contribution in [2.75, 3.05) is 11.9 Å². The second-order valence-corrected chi connectivity index (χ2v) is 9.51. The zero-order chi connectivity index (χ0) is 20.1. The van der Waals surface area contributed by atoms with Crippen molar-refractivity contribution in [3.8, 4) is 0 Å². The Kier molecular flexibility index (Phi) is 4.32. The van der Waals surface area contributed by atoms with Crippen LogP contribution in [0, 0.1) is 6.92 Å². The van der Waals surface area contributed by atoms with Crippen molar-refractivity contribution in [3.05, 3.63) is 59.3 Å². The third-order valence-electron chi connectivity index (χ3n) is 5.49. The lowest BCUT2D eigenvalue weighted by atomic mass is 9.86. The van der Waals surface area contributed by atoms with E-state index in [0.717, 1.165) is 22.0 Å². The number of carbonyl (C=O) groups is 1. The maximum Gasteiger partial charge on any atom is 0.240 e. The molecule has 146 valence electrons. The number of amides is 1. The van der Waals surface area contributed by atoms with Crippen LogP contribution in [0.1, 0.15) is 30.5 Å². The summed E-state index contributed by atoms with van der Waals surface area (Å²) >= 11 is 0. The second kappa shape index (κ2) is 6.46. The Hall–Kier alpha value is -2.64. The molecule has 0 atom stereocenters. The van der Waals surface area contributed by atoms with E-state index in [1.165, 1.54) is 6.07 Å². The van der Waals surface area contributed by atoms with Crippen LogP contribution in [-0.2, 0) is 26.7 Å². The highest BCUT2D eigenvalue weighted by atomic mass is 32.2. The van der Waals surface area contributed by atoms with E-state index in [2.05, 4.69) is 15.0 Å². The topological polar surface area (TPSA) is 91.1 Å². The van der Waals surface area contributed by atoms with E-state index in [9.17, 15) is 13.2 Å². The van der Waals surface area contributed by atoms with Crippen LogP contribution in [0.3, 0.4) is 0 Å². The molecule has 7 heteroatoms. The van der Waals surface area contributed by atoms with Gasteiger partial charge in [-0.05, 0) is 62.1 Å². The highest BCUT2D eigenvalue weighted by Gasteiger charge is 2.39. The summed E-state index contributed by atoms with van der Waals surface area (Å²) in [4.78, 5) is 15.5. The molecule has 0 aliphatic carbocycles. The van der Waals surface area contributed by atoms with Crippen LogP contribution in [0.25, 0.3) is 10.9 Å². The first-order valence-corrected chi connectivity index (χ1v) is 10.7. The number of aromatic nitrogens is 1. The van der Waals surface area contributed by atoms with Gasteiger partial charge < -0.3 is 10.3 Å². The summed E-state index contributed by atoms with van der Waals surface area (Å²) in [6, 6.07) is 10.8. The molecule has 0 fully saturated rings. The molecule has 0 spiro atoms. The van der Waals surface area contributed by atoms with Crippen LogP contribution in [0.15, 0.2) is 47.5 Å². The fourth-order valence-corrected chi connectivity index (χ4v) is 4.75. The number of aryl methyl sites for hydroxylation is 1. The van der Waals surface area contributed by atoms with Crippen LogP contribution in [-0.4, -0.2) is 25.9 Å². The number of carbonyl (C=O) groups excluding carboxylic acids is 1. The number of H-pyrrole nitrogens is 1. The van der Waals surface area contributed by atoms with Gasteiger partial charge in [0.1, 0.15) is 0 Å². The van der Waals surface area contributed by atoms with Crippen molar-refractivity contribution in [3.63, 3.8) is 0 Å². The predicted molar refractivity (Wildman–Crippen MR) is 110 cm³/mol. The van der Waals surface area contributed by atoms with E-state index >= 15 is 0 Å². The minimum Gasteiger partial charge on any atom is -0.361 e. The van der Waals surface area contributed by atoms with Gasteiger partial charge in [0, 0.05) is 29.3 Å². The van der Waals surface area contributed by atoms with Crippen LogP contribution >= 0.6 is 0 Å². The van der Waals surface area contributed by atoms with Crippen molar-refractivity contribution in [2.24, 2.45) is 0 Å². The van der Waals surface area contributed by atoms with E-state index in [0.29, 0.717) is 24.2 Å². The van der Waals surface area contributed by atoms with E-state index in [1.54, 1.807) is 26.0 Å². The van der Waals surface area contributed by atoms with Crippen LogP contribution in [0.4, 0.5) is 5.69 Å². The Morgan fingerprint density at radius 2 is 1.93 bits per heavy atom. The fourth-order valence-electron chi connectivity index (χ4n) is 3.69. The summed E-state index contributed by atoms with van der Waals surface area (Å²) in [7, 11) is -3.66. The third kappa shape index (κ3) is 3.00. The van der Waals surface area contributed by atoms with Gasteiger partial charge in [-0.3, -0.25) is 4.79 Å². The lowest BCUT2D eigenvalue weighted by Crippen LogP contribution is -2.28. The molecular weight excluding hydrogens is 374 g/mol. The minimum atomic E-state index is -3.66. The number of sulfonamides is 1. The van der Waals surface area contributed by atoms with Gasteiger partial charge in [0.05, 0.1) is 10.3 Å². The highest BCUT2D eigenvalue weighted by molar-refractivity contribution is 7.89. The van der Waals surface area contributed by atoms with Gasteiger partial charge in [0.25, 0.3) is 0 Å². The van der Waals surface area contributed by atoms with Crippen LogP contribution in [0.2, 0.25) is 0 Å². The van der Waals surface area contributed by atoms with Crippen LogP contribution < -0.4 is 10.0 Å². The molecule has 2 heterocycles. The Labute approximate surface area is 164 Å². The van der Waals surface area contributed by atoms with Gasteiger partial charge in [-0.25, -0.2) is 13.1 Å². The quantitative estimate of drug-likeness (QED) is 0.617. The summed E-state index contributed by atoms with van der Waals surface area (Å²) < 4.78 is 28.2. The maximum absolute atomic E-state index is 12.7. The van der Waals surface area contributed by atoms with E-state index in [-0.39, 0.29) is 10.8 Å². The van der Waals surface area contributed by atoms with Crippen molar-refractivity contribution in [2.45, 2.75) is 37.5 Å². The molecule has 3 aromatic rings. The van der Waals surface area contributed by atoms with E-state index in [4.69, 9.17) is 0 Å². The number of nitrogens with one attached hydrogen (secondary N) is 3. The molecule has 3 N–H and O–H groups in total. The molecule has 1 aliphatic rings. The molecule has 0 unspecified atom stereocenters. The Balaban J connectivity index is 1.52. The smallest absolute Gasteiger partial charge is 0.240 e. The third-order valence-corrected chi connectivity index (χ3v) is 6.95. The Bertz CT molecular complexity index is 1190. The Morgan fingerprint density at radius 3 is 2.71 bits per heavy atom. The van der Waals surface area contributed by atoms with Gasteiger partial charge in [-0.2, -0.15) is 0 Å². The average molecular weight is 398 g/mol. The number of rotatable bonds is 5. The fraction of sp³-hybridized carbons (Fsp3) is 0.286. The minimum absolute atomic E-state index is 0.125. The Morgan fingerprint density at radius 1 is 1.14 bits per heavy atom. The number of aromatic amines is 1. The average Bonchev–Trinajstić information content (AvgIpc) is 3.15. The van der Waals surface area contributed by atoms with Crippen molar-refractivity contribution < 1.29 is 13.2 Å². The monoisotopic (exact) mass is 397 g/mol. The standard InChI is InChI=1S/C21H23N3O3S/c1-13-5-4-6-16-14(12-22-19(13)16)9-10-23-28(26,27)15-7-8-18-17(11-15)21(2,3)20(25)24-18/h4-8,11-12,22-23H,9-10H2,1-3H3,(H,24,25). The lowest BCUT2D eigenvalue weighted by molar-refractivity contribution is -0.119. The number of benzene rings is 2. The first-order valence-electron chi connectivity index (χ1n) is 9.21. The normalized spacial score (nSPS) is 15.6. The molecule has 4 rings (SSSR count). The summed E-state index contributed by atoms with van der Waals surface area (Å²) in [5.74, 6) is -0.125. The summed E-state index contributed by atoms with van der Waals surface area (Å²) in [5.41, 5.74) is 3.94. The summed E-state index contributed by atoms with van der Waals surface area (Å²) in [6.07, 6.45) is 2.51. The van der Waals surface area contributed by atoms with Gasteiger partial charge in [-0.1, -0.05) is 18.2 Å². The molecule has 0 saturated heterocycles. The molecule has 28 heavy (non-hydrogen) atoms. The summed E-state index contributed by atoms with van der Waals surface area (Å²) in [6.45, 7) is 5.91. The highest BCUT2D eigenvalue weighted by Crippen LogP contribution is 2.38. The SMILES string of the molecule is Cc1cccc2c(CCNS(=O)(=O)c3ccc4c(c3)C(C)(C)C(=O)N4)c[nH]c12. The number of para-hydroxylation sites is 1. The number of fused-ring (bicyclic) bond motifs is 2. The summed E-state index contributed by atoms with van der Waals surface area (Å²) in [5, 5.41) is 3.91. The van der Waals surface area contributed by atoms with Gasteiger partial charge in [0.15, 0.2) is 0 Å². The number of hydrogen-bond donors (Lipinski definition) is 3. The van der Waals surface area contributed by atoms with E-state index in [1.807, 2.05) is 31.3 Å². The molecular formula is C21H23N3O3S. The predicted octanol–water partition coefficient (Wildman–Crippen LogP) is 3.23. The van der Waals surface area contributed by atoms with Crippen molar-refractivity contribution in [1.29, 1.82) is 0 Å². The molecule has 1 amide bonds.